The summed E-state index contributed by atoms with van der Waals surface area (Å²) < 4.78 is 5.70. The summed E-state index contributed by atoms with van der Waals surface area (Å²) in [7, 11) is 0. The van der Waals surface area contributed by atoms with Gasteiger partial charge in [0, 0.05) is 13.1 Å². The van der Waals surface area contributed by atoms with Crippen molar-refractivity contribution in [3.63, 3.8) is 0 Å². The van der Waals surface area contributed by atoms with E-state index in [1.165, 1.54) is 5.56 Å². The molecule has 0 saturated carbocycles. The van der Waals surface area contributed by atoms with E-state index in [1.54, 1.807) is 4.90 Å². The Morgan fingerprint density at radius 2 is 1.79 bits per heavy atom. The van der Waals surface area contributed by atoms with Crippen LogP contribution in [0.3, 0.4) is 0 Å². The van der Waals surface area contributed by atoms with Crippen molar-refractivity contribution in [1.29, 1.82) is 0 Å². The summed E-state index contributed by atoms with van der Waals surface area (Å²) >= 11 is 0. The molecule has 0 atom stereocenters. The van der Waals surface area contributed by atoms with Gasteiger partial charge in [0.15, 0.2) is 0 Å². The van der Waals surface area contributed by atoms with E-state index in [0.717, 1.165) is 17.7 Å². The van der Waals surface area contributed by atoms with Crippen molar-refractivity contribution in [1.82, 2.24) is 10.2 Å². The molecule has 0 heterocycles. The second-order valence-electron chi connectivity index (χ2n) is 5.58. The molecule has 2 aromatic rings. The second kappa shape index (κ2) is 9.60. The van der Waals surface area contributed by atoms with Crippen LogP contribution in [-0.2, 0) is 13.0 Å². The highest BCUT2D eigenvalue weighted by molar-refractivity contribution is 5.74. The molecule has 0 spiro atoms. The molecule has 0 aliphatic heterocycles. The first kappa shape index (κ1) is 17.9. The van der Waals surface area contributed by atoms with Gasteiger partial charge < -0.3 is 15.0 Å². The lowest BCUT2D eigenvalue weighted by Crippen LogP contribution is -2.41. The van der Waals surface area contributed by atoms with Gasteiger partial charge in [0.1, 0.15) is 12.4 Å². The first-order valence-corrected chi connectivity index (χ1v) is 8.51. The van der Waals surface area contributed by atoms with Crippen molar-refractivity contribution in [3.8, 4) is 5.75 Å². The molecule has 24 heavy (non-hydrogen) atoms. The molecule has 2 rings (SSSR count). The standard InChI is InChI=1S/C20H26N2O2/c1-3-17-11-8-12-19(15-17)24-14-13-21-20(23)22(4-2)16-18-9-6-5-7-10-18/h5-12,15H,3-4,13-14,16H2,1-2H3,(H,21,23). The largest absolute Gasteiger partial charge is 0.492 e. The molecule has 0 unspecified atom stereocenters. The molecule has 0 bridgehead atoms. The zero-order chi connectivity index (χ0) is 17.2. The third-order valence-electron chi connectivity index (χ3n) is 3.84. The van der Waals surface area contributed by atoms with Gasteiger partial charge in [-0.3, -0.25) is 0 Å². The van der Waals surface area contributed by atoms with E-state index in [1.807, 2.05) is 55.5 Å². The summed E-state index contributed by atoms with van der Waals surface area (Å²) in [6, 6.07) is 18.0. The van der Waals surface area contributed by atoms with Gasteiger partial charge in [-0.05, 0) is 36.6 Å². The maximum atomic E-state index is 12.2. The number of nitrogens with one attached hydrogen (secondary N) is 1. The summed E-state index contributed by atoms with van der Waals surface area (Å²) in [4.78, 5) is 14.0. The number of nitrogens with zero attached hydrogens (tertiary/aromatic N) is 1. The topological polar surface area (TPSA) is 41.6 Å². The van der Waals surface area contributed by atoms with Crippen LogP contribution in [0.1, 0.15) is 25.0 Å². The number of urea groups is 1. The molecule has 0 radical (unpaired) electrons. The molecule has 0 aliphatic rings. The van der Waals surface area contributed by atoms with Gasteiger partial charge in [0.2, 0.25) is 0 Å². The normalized spacial score (nSPS) is 10.2. The van der Waals surface area contributed by atoms with Crippen LogP contribution >= 0.6 is 0 Å². The van der Waals surface area contributed by atoms with E-state index in [-0.39, 0.29) is 6.03 Å². The van der Waals surface area contributed by atoms with Crippen LogP contribution in [0.4, 0.5) is 4.79 Å². The Balaban J connectivity index is 1.75. The van der Waals surface area contributed by atoms with E-state index in [4.69, 9.17) is 4.74 Å². The van der Waals surface area contributed by atoms with Gasteiger partial charge >= 0.3 is 6.03 Å². The van der Waals surface area contributed by atoms with Crippen molar-refractivity contribution in [3.05, 3.63) is 65.7 Å². The van der Waals surface area contributed by atoms with Crippen molar-refractivity contribution in [2.75, 3.05) is 19.7 Å². The average molecular weight is 326 g/mol. The summed E-state index contributed by atoms with van der Waals surface area (Å²) in [5, 5.41) is 2.91. The Labute approximate surface area is 144 Å². The van der Waals surface area contributed by atoms with Gasteiger partial charge in [-0.25, -0.2) is 4.79 Å². The summed E-state index contributed by atoms with van der Waals surface area (Å²) in [5.41, 5.74) is 2.37. The van der Waals surface area contributed by atoms with Crippen LogP contribution in [0.2, 0.25) is 0 Å². The fraction of sp³-hybridized carbons (Fsp3) is 0.350. The van der Waals surface area contributed by atoms with E-state index in [0.29, 0.717) is 26.2 Å². The van der Waals surface area contributed by atoms with Crippen LogP contribution in [0.25, 0.3) is 0 Å². The quantitative estimate of drug-likeness (QED) is 0.749. The Hall–Kier alpha value is -2.49. The lowest BCUT2D eigenvalue weighted by molar-refractivity contribution is 0.195. The molecule has 1 N–H and O–H groups in total. The van der Waals surface area contributed by atoms with E-state index in [9.17, 15) is 4.79 Å². The maximum Gasteiger partial charge on any atom is 0.317 e. The lowest BCUT2D eigenvalue weighted by atomic mass is 10.2. The molecule has 0 aliphatic carbocycles. The Morgan fingerprint density at radius 3 is 2.50 bits per heavy atom. The van der Waals surface area contributed by atoms with Crippen molar-refractivity contribution in [2.24, 2.45) is 0 Å². The molecule has 4 heteroatoms. The summed E-state index contributed by atoms with van der Waals surface area (Å²) in [6.45, 7) is 6.33. The lowest BCUT2D eigenvalue weighted by Gasteiger charge is -2.21. The van der Waals surface area contributed by atoms with Crippen LogP contribution in [0.5, 0.6) is 5.75 Å². The van der Waals surface area contributed by atoms with Crippen LogP contribution < -0.4 is 10.1 Å². The van der Waals surface area contributed by atoms with Crippen molar-refractivity contribution < 1.29 is 9.53 Å². The van der Waals surface area contributed by atoms with Gasteiger partial charge in [-0.1, -0.05) is 49.4 Å². The van der Waals surface area contributed by atoms with Crippen molar-refractivity contribution >= 4 is 6.03 Å². The molecule has 128 valence electrons. The number of benzene rings is 2. The van der Waals surface area contributed by atoms with E-state index < -0.39 is 0 Å². The molecule has 2 amide bonds. The predicted octanol–water partition coefficient (Wildman–Crippen LogP) is 3.86. The average Bonchev–Trinajstić information content (AvgIpc) is 2.64. The zero-order valence-electron chi connectivity index (χ0n) is 14.5. The first-order valence-electron chi connectivity index (χ1n) is 8.51. The molecule has 0 fully saturated rings. The number of carbonyl (C=O) groups is 1. The monoisotopic (exact) mass is 326 g/mol. The predicted molar refractivity (Wildman–Crippen MR) is 97.2 cm³/mol. The number of amides is 2. The minimum atomic E-state index is -0.0627. The van der Waals surface area contributed by atoms with Gasteiger partial charge in [0.25, 0.3) is 0 Å². The van der Waals surface area contributed by atoms with Crippen molar-refractivity contribution in [2.45, 2.75) is 26.8 Å². The van der Waals surface area contributed by atoms with Gasteiger partial charge in [-0.15, -0.1) is 0 Å². The Bertz CT molecular complexity index is 629. The van der Waals surface area contributed by atoms with Gasteiger partial charge in [0.05, 0.1) is 6.54 Å². The number of hydrogen-bond donors (Lipinski definition) is 1. The van der Waals surface area contributed by atoms with Crippen LogP contribution in [-0.4, -0.2) is 30.6 Å². The Morgan fingerprint density at radius 1 is 1.04 bits per heavy atom. The summed E-state index contributed by atoms with van der Waals surface area (Å²) in [6.07, 6.45) is 0.985. The molecular formula is C20H26N2O2. The molecule has 0 saturated heterocycles. The highest BCUT2D eigenvalue weighted by Gasteiger charge is 2.11. The summed E-state index contributed by atoms with van der Waals surface area (Å²) in [5.74, 6) is 0.847. The minimum Gasteiger partial charge on any atom is -0.492 e. The number of ether oxygens (including phenoxy) is 1. The third kappa shape index (κ3) is 5.61. The number of hydrogen-bond acceptors (Lipinski definition) is 2. The number of carbonyl (C=O) groups excluding carboxylic acids is 1. The van der Waals surface area contributed by atoms with Crippen LogP contribution in [0, 0.1) is 0 Å². The van der Waals surface area contributed by atoms with E-state index in [2.05, 4.69) is 18.3 Å². The third-order valence-corrected chi connectivity index (χ3v) is 3.84. The second-order valence-corrected chi connectivity index (χ2v) is 5.58. The van der Waals surface area contributed by atoms with Crippen LogP contribution in [0.15, 0.2) is 54.6 Å². The fourth-order valence-electron chi connectivity index (χ4n) is 2.42. The minimum absolute atomic E-state index is 0.0627. The maximum absolute atomic E-state index is 12.2. The SMILES string of the molecule is CCc1cccc(OCCNC(=O)N(CC)Cc2ccccc2)c1. The smallest absolute Gasteiger partial charge is 0.317 e. The van der Waals surface area contributed by atoms with Gasteiger partial charge in [-0.2, -0.15) is 0 Å². The fourth-order valence-corrected chi connectivity index (χ4v) is 2.42. The molecule has 4 nitrogen and oxygen atoms in total. The first-order chi connectivity index (χ1) is 11.7. The highest BCUT2D eigenvalue weighted by atomic mass is 16.5. The number of rotatable bonds is 8. The molecule has 2 aromatic carbocycles. The van der Waals surface area contributed by atoms with E-state index >= 15 is 0 Å². The zero-order valence-corrected chi connectivity index (χ0v) is 14.5. The number of aryl methyl sites for hydroxylation is 1. The molecule has 0 aromatic heterocycles. The Kier molecular flexibility index (Phi) is 7.15. The molecular weight excluding hydrogens is 300 g/mol. The highest BCUT2D eigenvalue weighted by Crippen LogP contribution is 2.13.